The predicted octanol–water partition coefficient (Wildman–Crippen LogP) is 13.6. The number of hydrogen-bond acceptors (Lipinski definition) is 3. The molecule has 0 fully saturated rings. The van der Waals surface area contributed by atoms with Crippen LogP contribution in [0.5, 0.6) is 0 Å². The van der Waals surface area contributed by atoms with E-state index in [9.17, 15) is 0 Å². The Hall–Kier alpha value is -7.23. The van der Waals surface area contributed by atoms with Crippen molar-refractivity contribution in [3.63, 3.8) is 0 Å². The van der Waals surface area contributed by atoms with Crippen LogP contribution < -0.4 is 0 Å². The van der Waals surface area contributed by atoms with Crippen molar-refractivity contribution >= 4 is 27.2 Å². The maximum Gasteiger partial charge on any atom is 0.160 e. The van der Waals surface area contributed by atoms with Crippen molar-refractivity contribution in [2.75, 3.05) is 0 Å². The lowest BCUT2D eigenvalue weighted by Crippen LogP contribution is -2.05. The first kappa shape index (κ1) is 33.3. The van der Waals surface area contributed by atoms with E-state index >= 15 is 0 Å². The van der Waals surface area contributed by atoms with E-state index < -0.39 is 0 Å². The van der Waals surface area contributed by atoms with Crippen LogP contribution >= 0.6 is 0 Å². The highest BCUT2D eigenvalue weighted by Gasteiger charge is 2.19. The van der Waals surface area contributed by atoms with Gasteiger partial charge in [-0.05, 0) is 74.8 Å². The van der Waals surface area contributed by atoms with Gasteiger partial charge in [-0.3, -0.25) is 0 Å². The van der Waals surface area contributed by atoms with Gasteiger partial charge in [-0.15, -0.1) is 0 Å². The van der Waals surface area contributed by atoms with Gasteiger partial charge in [-0.2, -0.15) is 0 Å². The molecule has 0 saturated heterocycles. The third-order valence-electron chi connectivity index (χ3n) is 10.8. The number of benzene rings is 7. The Morgan fingerprint density at radius 1 is 0.429 bits per heavy atom. The first-order chi connectivity index (χ1) is 27.7. The Morgan fingerprint density at radius 3 is 1.68 bits per heavy atom. The van der Waals surface area contributed by atoms with Crippen LogP contribution in [0.3, 0.4) is 0 Å². The normalized spacial score (nSPS) is 13.9. The van der Waals surface area contributed by atoms with Gasteiger partial charge in [0.1, 0.15) is 0 Å². The lowest BCUT2D eigenvalue weighted by atomic mass is 9.88. The molecule has 0 aliphatic heterocycles. The van der Waals surface area contributed by atoms with Crippen LogP contribution in [0.15, 0.2) is 206 Å². The van der Waals surface area contributed by atoms with Crippen LogP contribution in [0, 0.1) is 0 Å². The van der Waals surface area contributed by atoms with Crippen molar-refractivity contribution in [1.82, 2.24) is 15.0 Å². The molecule has 2 heterocycles. The van der Waals surface area contributed by atoms with Gasteiger partial charge in [-0.25, -0.2) is 15.0 Å². The number of nitrogens with zero attached hydrogens (tertiary/aromatic N) is 3. The second kappa shape index (κ2) is 14.5. The predicted molar refractivity (Wildman–Crippen MR) is 233 cm³/mol. The summed E-state index contributed by atoms with van der Waals surface area (Å²) in [6.45, 7) is 0. The van der Waals surface area contributed by atoms with Crippen molar-refractivity contribution in [3.8, 4) is 56.2 Å². The fraction of sp³-hybridized carbons (Fsp3) is 0.0377. The summed E-state index contributed by atoms with van der Waals surface area (Å²) in [4.78, 5) is 15.4. The number of pyridine rings is 1. The minimum Gasteiger partial charge on any atom is -0.248 e. The Kier molecular flexibility index (Phi) is 8.66. The molecule has 3 heteroatoms. The molecule has 3 nitrogen and oxygen atoms in total. The third kappa shape index (κ3) is 6.50. The minimum absolute atomic E-state index is 0.134. The van der Waals surface area contributed by atoms with Crippen molar-refractivity contribution in [2.24, 2.45) is 0 Å². The van der Waals surface area contributed by atoms with E-state index in [1.165, 1.54) is 49.5 Å². The maximum absolute atomic E-state index is 5.17. The van der Waals surface area contributed by atoms with Gasteiger partial charge in [0.05, 0.1) is 22.6 Å². The Morgan fingerprint density at radius 2 is 1.00 bits per heavy atom. The number of rotatable bonds is 7. The van der Waals surface area contributed by atoms with Crippen LogP contribution in [0.2, 0.25) is 0 Å². The Labute approximate surface area is 327 Å². The van der Waals surface area contributed by atoms with Crippen LogP contribution in [0.1, 0.15) is 23.6 Å². The van der Waals surface area contributed by atoms with Crippen LogP contribution in [-0.2, 0) is 0 Å². The Bertz CT molecular complexity index is 2900. The zero-order valence-corrected chi connectivity index (χ0v) is 30.8. The van der Waals surface area contributed by atoms with Crippen molar-refractivity contribution in [3.05, 3.63) is 218 Å². The summed E-state index contributed by atoms with van der Waals surface area (Å²) in [5, 5.41) is 3.58. The summed E-state index contributed by atoms with van der Waals surface area (Å²) in [5.74, 6) is 0.879. The average Bonchev–Trinajstić information content (AvgIpc) is 3.29. The molecule has 2 aromatic heterocycles. The van der Waals surface area contributed by atoms with Gasteiger partial charge in [-0.1, -0.05) is 182 Å². The molecular formula is C53H37N3. The molecular weight excluding hydrogens is 679 g/mol. The molecule has 0 bridgehead atoms. The molecule has 7 aromatic carbocycles. The molecule has 1 aliphatic rings. The van der Waals surface area contributed by atoms with Gasteiger partial charge in [0.25, 0.3) is 0 Å². The smallest absolute Gasteiger partial charge is 0.160 e. The fourth-order valence-corrected chi connectivity index (χ4v) is 7.89. The van der Waals surface area contributed by atoms with E-state index in [4.69, 9.17) is 15.0 Å². The summed E-state index contributed by atoms with van der Waals surface area (Å²) in [6, 6.07) is 66.2. The van der Waals surface area contributed by atoms with Gasteiger partial charge in [0.15, 0.2) is 5.82 Å². The third-order valence-corrected chi connectivity index (χ3v) is 10.8. The van der Waals surface area contributed by atoms with Crippen molar-refractivity contribution in [1.29, 1.82) is 0 Å². The van der Waals surface area contributed by atoms with Crippen LogP contribution in [-0.4, -0.2) is 15.0 Å². The fourth-order valence-electron chi connectivity index (χ4n) is 7.89. The van der Waals surface area contributed by atoms with Crippen LogP contribution in [0.25, 0.3) is 83.4 Å². The summed E-state index contributed by atoms with van der Waals surface area (Å²) < 4.78 is 0. The first-order valence-electron chi connectivity index (χ1n) is 19.2. The maximum atomic E-state index is 5.17. The molecule has 0 spiro atoms. The second-order valence-electron chi connectivity index (χ2n) is 14.4. The molecule has 56 heavy (non-hydrogen) atoms. The summed E-state index contributed by atoms with van der Waals surface area (Å²) in [6.07, 6.45) is 7.78. The zero-order chi connectivity index (χ0) is 37.3. The van der Waals surface area contributed by atoms with Gasteiger partial charge in [0.2, 0.25) is 0 Å². The van der Waals surface area contributed by atoms with Crippen molar-refractivity contribution in [2.45, 2.75) is 12.3 Å². The van der Waals surface area contributed by atoms with E-state index in [1.54, 1.807) is 0 Å². The number of fused-ring (bicyclic) bond motifs is 3. The van der Waals surface area contributed by atoms with E-state index in [2.05, 4.69) is 176 Å². The summed E-state index contributed by atoms with van der Waals surface area (Å²) in [5.41, 5.74) is 14.3. The molecule has 1 unspecified atom stereocenters. The summed E-state index contributed by atoms with van der Waals surface area (Å²) >= 11 is 0. The molecule has 1 aliphatic carbocycles. The second-order valence-corrected chi connectivity index (χ2v) is 14.4. The molecule has 10 rings (SSSR count). The first-order valence-corrected chi connectivity index (χ1v) is 19.2. The van der Waals surface area contributed by atoms with Crippen LogP contribution in [0.4, 0.5) is 0 Å². The monoisotopic (exact) mass is 715 g/mol. The molecule has 9 aromatic rings. The highest BCUT2D eigenvalue weighted by atomic mass is 14.9. The highest BCUT2D eigenvalue weighted by molar-refractivity contribution is 6.14. The number of hydrogen-bond donors (Lipinski definition) is 0. The molecule has 0 amide bonds. The lowest BCUT2D eigenvalue weighted by Gasteiger charge is -2.18. The molecule has 0 N–H and O–H groups in total. The number of aromatic nitrogens is 3. The summed E-state index contributed by atoms with van der Waals surface area (Å²) in [7, 11) is 0. The largest absolute Gasteiger partial charge is 0.248 e. The SMILES string of the molecule is C1=CC(c2cc(-c3ccc(-c4ccccc4)cc3)nc(-c3ccccc3)n2)CC=C1c1ccc2c(ccc3nc(-c4ccccc4)cc(-c4ccccc4)c32)c1. The minimum atomic E-state index is 0.134. The average molecular weight is 716 g/mol. The van der Waals surface area contributed by atoms with Gasteiger partial charge < -0.3 is 0 Å². The number of allylic oxidation sites excluding steroid dienone is 4. The van der Waals surface area contributed by atoms with E-state index in [0.29, 0.717) is 0 Å². The lowest BCUT2D eigenvalue weighted by molar-refractivity contribution is 0.813. The van der Waals surface area contributed by atoms with Gasteiger partial charge >= 0.3 is 0 Å². The van der Waals surface area contributed by atoms with E-state index in [0.717, 1.165) is 51.5 Å². The van der Waals surface area contributed by atoms with Gasteiger partial charge in [0, 0.05) is 28.0 Å². The van der Waals surface area contributed by atoms with E-state index in [-0.39, 0.29) is 5.92 Å². The Balaban J connectivity index is 0.981. The molecule has 264 valence electrons. The topological polar surface area (TPSA) is 38.7 Å². The quantitative estimate of drug-likeness (QED) is 0.154. The molecule has 0 saturated carbocycles. The highest BCUT2D eigenvalue weighted by Crippen LogP contribution is 2.39. The molecule has 0 radical (unpaired) electrons. The molecule has 1 atom stereocenters. The zero-order valence-electron chi connectivity index (χ0n) is 30.8. The standard InChI is InChI=1S/C53H37N3/c1-5-13-36(14-6-1)37-21-25-41(26-22-37)50-35-51(56-53(55-50)43-19-11-4-12-20-43)42-27-23-38(24-28-42)44-29-31-46-45(33-44)30-32-48-52(46)47(39-15-7-2-8-16-39)34-49(54-48)40-17-9-3-10-18-40/h1-27,29-35,42H,28H2. The van der Waals surface area contributed by atoms with E-state index in [1.807, 2.05) is 30.3 Å². The van der Waals surface area contributed by atoms with Crippen molar-refractivity contribution < 1.29 is 0 Å².